The van der Waals surface area contributed by atoms with Gasteiger partial charge in [0, 0.05) is 10.7 Å². The maximum atomic E-state index is 12.9. The first-order chi connectivity index (χ1) is 19.8. The number of benzene rings is 4. The normalized spacial score (nSPS) is 11.0. The minimum Gasteiger partial charge on any atom is -0.490 e. The van der Waals surface area contributed by atoms with Gasteiger partial charge in [0.25, 0.3) is 5.91 Å². The molecule has 0 aromatic heterocycles. The van der Waals surface area contributed by atoms with E-state index in [0.29, 0.717) is 46.7 Å². The minimum atomic E-state index is -0.559. The SMILES string of the molecule is CCOc1cc(/C=C(\C#N)C(=O)Nc2ccc(OCc3ccc(C)cc3)cc2)cc(Cl)c1OCc1cccc(Cl)c1. The van der Waals surface area contributed by atoms with Gasteiger partial charge in [0.2, 0.25) is 0 Å². The quantitative estimate of drug-likeness (QED) is 0.141. The highest BCUT2D eigenvalue weighted by Gasteiger charge is 2.15. The molecule has 0 unspecified atom stereocenters. The van der Waals surface area contributed by atoms with Crippen LogP contribution in [0.5, 0.6) is 17.2 Å². The van der Waals surface area contributed by atoms with E-state index in [0.717, 1.165) is 11.1 Å². The van der Waals surface area contributed by atoms with E-state index in [1.54, 1.807) is 48.5 Å². The molecule has 0 aliphatic rings. The lowest BCUT2D eigenvalue weighted by atomic mass is 10.1. The Balaban J connectivity index is 1.43. The highest BCUT2D eigenvalue weighted by atomic mass is 35.5. The number of nitriles is 1. The molecule has 4 rings (SSSR count). The summed E-state index contributed by atoms with van der Waals surface area (Å²) in [7, 11) is 0. The fourth-order valence-electron chi connectivity index (χ4n) is 3.86. The summed E-state index contributed by atoms with van der Waals surface area (Å²) in [6.07, 6.45) is 1.45. The van der Waals surface area contributed by atoms with Crippen LogP contribution in [0.4, 0.5) is 5.69 Å². The van der Waals surface area contributed by atoms with Gasteiger partial charge in [0.1, 0.15) is 30.6 Å². The van der Waals surface area contributed by atoms with Crippen molar-refractivity contribution >= 4 is 40.9 Å². The molecule has 0 bridgehead atoms. The van der Waals surface area contributed by atoms with Gasteiger partial charge in [-0.05, 0) is 85.1 Å². The zero-order valence-corrected chi connectivity index (χ0v) is 24.1. The number of aryl methyl sites for hydroxylation is 1. The van der Waals surface area contributed by atoms with E-state index in [4.69, 9.17) is 37.4 Å². The number of carbonyl (C=O) groups excluding carboxylic acids is 1. The van der Waals surface area contributed by atoms with Crippen LogP contribution in [-0.2, 0) is 18.0 Å². The van der Waals surface area contributed by atoms with Crippen LogP contribution in [0.1, 0.15) is 29.2 Å². The summed E-state index contributed by atoms with van der Waals surface area (Å²) in [5.41, 5.74) is 4.06. The number of nitrogens with zero attached hydrogens (tertiary/aromatic N) is 1. The molecule has 208 valence electrons. The second-order valence-corrected chi connectivity index (χ2v) is 9.95. The molecule has 0 heterocycles. The molecule has 0 spiro atoms. The fraction of sp³-hybridized carbons (Fsp3) is 0.152. The number of ether oxygens (including phenoxy) is 3. The second kappa shape index (κ2) is 14.3. The van der Waals surface area contributed by atoms with Gasteiger partial charge in [-0.25, -0.2) is 0 Å². The summed E-state index contributed by atoms with van der Waals surface area (Å²) in [5, 5.41) is 13.3. The lowest BCUT2D eigenvalue weighted by Crippen LogP contribution is -2.13. The van der Waals surface area contributed by atoms with Gasteiger partial charge >= 0.3 is 0 Å². The number of hydrogen-bond acceptors (Lipinski definition) is 5. The molecule has 8 heteroatoms. The summed E-state index contributed by atoms with van der Waals surface area (Å²) >= 11 is 12.6. The van der Waals surface area contributed by atoms with Gasteiger partial charge in [-0.15, -0.1) is 0 Å². The van der Waals surface area contributed by atoms with Crippen molar-refractivity contribution in [1.82, 2.24) is 0 Å². The van der Waals surface area contributed by atoms with Crippen molar-refractivity contribution in [3.05, 3.63) is 123 Å². The van der Waals surface area contributed by atoms with Crippen LogP contribution in [-0.4, -0.2) is 12.5 Å². The number of carbonyl (C=O) groups is 1. The van der Waals surface area contributed by atoms with Gasteiger partial charge in [0.05, 0.1) is 11.6 Å². The van der Waals surface area contributed by atoms with E-state index in [9.17, 15) is 10.1 Å². The van der Waals surface area contributed by atoms with Crippen LogP contribution in [0, 0.1) is 18.3 Å². The molecule has 1 amide bonds. The molecule has 0 atom stereocenters. The van der Waals surface area contributed by atoms with Crippen molar-refractivity contribution in [3.63, 3.8) is 0 Å². The average molecular weight is 588 g/mol. The standard InChI is InChI=1S/C33H28Cl2N2O4/c1-3-39-31-18-25(17-30(35)32(31)41-21-24-5-4-6-27(34)16-24)15-26(19-36)33(38)37-28-11-13-29(14-12-28)40-20-23-9-7-22(2)8-10-23/h4-18H,3,20-21H2,1-2H3,(H,37,38)/b26-15+. The monoisotopic (exact) mass is 586 g/mol. The average Bonchev–Trinajstić information content (AvgIpc) is 2.96. The summed E-state index contributed by atoms with van der Waals surface area (Å²) < 4.78 is 17.5. The Labute approximate surface area is 249 Å². The highest BCUT2D eigenvalue weighted by Crippen LogP contribution is 2.38. The largest absolute Gasteiger partial charge is 0.490 e. The lowest BCUT2D eigenvalue weighted by molar-refractivity contribution is -0.112. The Morgan fingerprint density at radius 2 is 1.63 bits per heavy atom. The third-order valence-electron chi connectivity index (χ3n) is 5.92. The minimum absolute atomic E-state index is 0.101. The molecule has 0 saturated heterocycles. The molecule has 6 nitrogen and oxygen atoms in total. The van der Waals surface area contributed by atoms with Crippen LogP contribution in [0.3, 0.4) is 0 Å². The van der Waals surface area contributed by atoms with Crippen LogP contribution < -0.4 is 19.5 Å². The summed E-state index contributed by atoms with van der Waals surface area (Å²) in [6, 6.07) is 27.6. The predicted octanol–water partition coefficient (Wildman–Crippen LogP) is 8.40. The predicted molar refractivity (Wildman–Crippen MR) is 163 cm³/mol. The molecule has 4 aromatic carbocycles. The number of nitrogens with one attached hydrogen (secondary N) is 1. The second-order valence-electron chi connectivity index (χ2n) is 9.10. The number of anilines is 1. The first-order valence-electron chi connectivity index (χ1n) is 12.9. The van der Waals surface area contributed by atoms with Crippen LogP contribution in [0.2, 0.25) is 10.0 Å². The Hall–Kier alpha value is -4.44. The first kappa shape index (κ1) is 29.5. The maximum absolute atomic E-state index is 12.9. The third kappa shape index (κ3) is 8.52. The third-order valence-corrected chi connectivity index (χ3v) is 6.43. The summed E-state index contributed by atoms with van der Waals surface area (Å²) in [4.78, 5) is 12.9. The van der Waals surface area contributed by atoms with E-state index in [2.05, 4.69) is 5.32 Å². The molecular weight excluding hydrogens is 559 g/mol. The van der Waals surface area contributed by atoms with Gasteiger partial charge in [0.15, 0.2) is 11.5 Å². The molecule has 0 saturated carbocycles. The lowest BCUT2D eigenvalue weighted by Gasteiger charge is -2.15. The van der Waals surface area contributed by atoms with E-state index in [1.165, 1.54) is 11.6 Å². The Morgan fingerprint density at radius 3 is 2.32 bits per heavy atom. The van der Waals surface area contributed by atoms with Crippen molar-refractivity contribution < 1.29 is 19.0 Å². The van der Waals surface area contributed by atoms with E-state index in [1.807, 2.05) is 56.3 Å². The zero-order chi connectivity index (χ0) is 29.2. The Bertz CT molecular complexity index is 1580. The van der Waals surface area contributed by atoms with Crippen LogP contribution in [0.15, 0.2) is 90.5 Å². The van der Waals surface area contributed by atoms with E-state index < -0.39 is 5.91 Å². The van der Waals surface area contributed by atoms with E-state index >= 15 is 0 Å². The summed E-state index contributed by atoms with van der Waals surface area (Å²) in [6.45, 7) is 4.91. The first-order valence-corrected chi connectivity index (χ1v) is 13.7. The number of amides is 1. The van der Waals surface area contributed by atoms with Gasteiger partial charge < -0.3 is 19.5 Å². The summed E-state index contributed by atoms with van der Waals surface area (Å²) in [5.74, 6) is 0.858. The topological polar surface area (TPSA) is 80.6 Å². The molecule has 4 aromatic rings. The molecule has 0 radical (unpaired) electrons. The van der Waals surface area contributed by atoms with Crippen molar-refractivity contribution in [3.8, 4) is 23.3 Å². The molecular formula is C33H28Cl2N2O4. The number of rotatable bonds is 11. The number of hydrogen-bond donors (Lipinski definition) is 1. The Kier molecular flexibility index (Phi) is 10.3. The van der Waals surface area contributed by atoms with Crippen molar-refractivity contribution in [1.29, 1.82) is 5.26 Å². The highest BCUT2D eigenvalue weighted by molar-refractivity contribution is 6.32. The molecule has 0 aliphatic carbocycles. The fourth-order valence-corrected chi connectivity index (χ4v) is 4.34. The van der Waals surface area contributed by atoms with E-state index in [-0.39, 0.29) is 17.2 Å². The van der Waals surface area contributed by atoms with Gasteiger partial charge in [-0.2, -0.15) is 5.26 Å². The smallest absolute Gasteiger partial charge is 0.266 e. The van der Waals surface area contributed by atoms with Crippen molar-refractivity contribution in [2.45, 2.75) is 27.1 Å². The Morgan fingerprint density at radius 1 is 0.902 bits per heavy atom. The van der Waals surface area contributed by atoms with Crippen molar-refractivity contribution in [2.24, 2.45) is 0 Å². The van der Waals surface area contributed by atoms with Gasteiger partial charge in [-0.3, -0.25) is 4.79 Å². The van der Waals surface area contributed by atoms with Crippen molar-refractivity contribution in [2.75, 3.05) is 11.9 Å². The molecule has 0 aliphatic heterocycles. The number of halogens is 2. The zero-order valence-electron chi connectivity index (χ0n) is 22.6. The van der Waals surface area contributed by atoms with Crippen LogP contribution in [0.25, 0.3) is 6.08 Å². The molecule has 41 heavy (non-hydrogen) atoms. The van der Waals surface area contributed by atoms with Crippen LogP contribution >= 0.6 is 23.2 Å². The molecule has 1 N–H and O–H groups in total. The maximum Gasteiger partial charge on any atom is 0.266 e. The van der Waals surface area contributed by atoms with Gasteiger partial charge in [-0.1, -0.05) is 65.2 Å². The molecule has 0 fully saturated rings.